The number of fused-ring (bicyclic) bond motifs is 1. The molecule has 1 aromatic heterocycles. The fourth-order valence-corrected chi connectivity index (χ4v) is 4.91. The van der Waals surface area contributed by atoms with E-state index >= 15 is 0 Å². The molecule has 0 unspecified atom stereocenters. The average Bonchev–Trinajstić information content (AvgIpc) is 2.78. The molecule has 2 heterocycles. The number of para-hydroxylation sites is 1. The van der Waals surface area contributed by atoms with Crippen molar-refractivity contribution in [1.29, 1.82) is 0 Å². The molecule has 1 aliphatic carbocycles. The van der Waals surface area contributed by atoms with Gasteiger partial charge < -0.3 is 19.9 Å². The molecular formula is C22H31N4O3S+. The maximum atomic E-state index is 12.8. The van der Waals surface area contributed by atoms with Crippen LogP contribution in [0.15, 0.2) is 29.1 Å². The van der Waals surface area contributed by atoms with Crippen molar-refractivity contribution in [1.82, 2.24) is 14.9 Å². The average molecular weight is 432 g/mol. The molecule has 3 N–H and O–H groups in total. The first-order chi connectivity index (χ1) is 14.6. The van der Waals surface area contributed by atoms with E-state index in [0.717, 1.165) is 70.6 Å². The van der Waals surface area contributed by atoms with Crippen LogP contribution in [0.2, 0.25) is 0 Å². The van der Waals surface area contributed by atoms with Crippen molar-refractivity contribution in [3.8, 4) is 0 Å². The first-order valence-corrected chi connectivity index (χ1v) is 11.4. The summed E-state index contributed by atoms with van der Waals surface area (Å²) >= 11 is 5.44. The Morgan fingerprint density at radius 3 is 2.70 bits per heavy atom. The normalized spacial score (nSPS) is 22.8. The summed E-state index contributed by atoms with van der Waals surface area (Å²) in [7, 11) is 0. The van der Waals surface area contributed by atoms with Crippen LogP contribution >= 0.6 is 12.2 Å². The molecule has 8 heteroatoms. The fraction of sp³-hybridized carbons (Fsp3) is 0.591. The lowest BCUT2D eigenvalue weighted by atomic mass is 9.81. The number of amides is 1. The third-order valence-electron chi connectivity index (χ3n) is 6.53. The molecule has 0 atom stereocenters. The summed E-state index contributed by atoms with van der Waals surface area (Å²) in [4.78, 5) is 30.1. The number of benzene rings is 1. The Kier molecular flexibility index (Phi) is 6.97. The number of carbonyl (C=O) groups is 1. The molecule has 1 aliphatic heterocycles. The van der Waals surface area contributed by atoms with Gasteiger partial charge in [-0.1, -0.05) is 12.1 Å². The summed E-state index contributed by atoms with van der Waals surface area (Å²) in [5, 5.41) is 3.79. The van der Waals surface area contributed by atoms with Crippen LogP contribution in [0.4, 0.5) is 0 Å². The van der Waals surface area contributed by atoms with E-state index in [0.29, 0.717) is 22.6 Å². The number of aromatic amines is 1. The second kappa shape index (κ2) is 9.85. The Morgan fingerprint density at radius 1 is 1.20 bits per heavy atom. The molecule has 1 aromatic carbocycles. The minimum Gasteiger partial charge on any atom is -0.370 e. The highest BCUT2D eigenvalue weighted by atomic mass is 32.1. The van der Waals surface area contributed by atoms with Crippen molar-refractivity contribution in [2.24, 2.45) is 11.8 Å². The van der Waals surface area contributed by atoms with E-state index in [2.05, 4.69) is 10.3 Å². The number of nitrogens with zero attached hydrogens (tertiary/aromatic N) is 1. The number of aromatic nitrogens is 2. The van der Waals surface area contributed by atoms with Crippen molar-refractivity contribution in [3.05, 3.63) is 39.4 Å². The van der Waals surface area contributed by atoms with Gasteiger partial charge in [0.05, 0.1) is 37.2 Å². The Balaban J connectivity index is 1.27. The standard InChI is InChI=1S/C22H30N4O3S/c27-20(23-9-10-25-11-13-29-14-12-25)17-7-5-16(6-8-17)15-26-21(28)18-3-1-2-4-19(18)24-22(26)30/h1-4,16-17H,5-15H2,(H,23,27)(H,24,30)/p+1. The molecule has 162 valence electrons. The van der Waals surface area contributed by atoms with Crippen LogP contribution in [0.25, 0.3) is 10.9 Å². The molecular weight excluding hydrogens is 400 g/mol. The number of rotatable bonds is 6. The molecule has 2 fully saturated rings. The lowest BCUT2D eigenvalue weighted by Gasteiger charge is -2.28. The van der Waals surface area contributed by atoms with Crippen LogP contribution in [-0.4, -0.2) is 54.9 Å². The summed E-state index contributed by atoms with van der Waals surface area (Å²) in [6.07, 6.45) is 3.64. The lowest BCUT2D eigenvalue weighted by molar-refractivity contribution is -0.906. The maximum absolute atomic E-state index is 12.8. The molecule has 2 aliphatic rings. The van der Waals surface area contributed by atoms with Crippen LogP contribution < -0.4 is 15.8 Å². The number of hydrogen-bond donors (Lipinski definition) is 3. The van der Waals surface area contributed by atoms with E-state index in [1.165, 1.54) is 4.90 Å². The molecule has 0 radical (unpaired) electrons. The number of morpholine rings is 1. The van der Waals surface area contributed by atoms with Crippen molar-refractivity contribution in [2.45, 2.75) is 32.2 Å². The van der Waals surface area contributed by atoms with Crippen molar-refractivity contribution in [2.75, 3.05) is 39.4 Å². The zero-order valence-corrected chi connectivity index (χ0v) is 18.1. The van der Waals surface area contributed by atoms with Gasteiger partial charge in [-0.3, -0.25) is 14.2 Å². The molecule has 4 rings (SSSR count). The minimum atomic E-state index is -0.0279. The van der Waals surface area contributed by atoms with E-state index in [1.54, 1.807) is 4.57 Å². The van der Waals surface area contributed by atoms with Crippen molar-refractivity contribution < 1.29 is 14.4 Å². The zero-order chi connectivity index (χ0) is 20.9. The van der Waals surface area contributed by atoms with Crippen LogP contribution in [-0.2, 0) is 16.1 Å². The summed E-state index contributed by atoms with van der Waals surface area (Å²) in [6.45, 7) is 6.00. The fourth-order valence-electron chi connectivity index (χ4n) is 4.65. The first-order valence-electron chi connectivity index (χ1n) is 11.0. The lowest BCUT2D eigenvalue weighted by Crippen LogP contribution is -3.14. The van der Waals surface area contributed by atoms with Gasteiger partial charge in [-0.15, -0.1) is 0 Å². The first kappa shape index (κ1) is 21.2. The van der Waals surface area contributed by atoms with E-state index in [4.69, 9.17) is 17.0 Å². The van der Waals surface area contributed by atoms with Crippen LogP contribution in [0.5, 0.6) is 0 Å². The van der Waals surface area contributed by atoms with Gasteiger partial charge in [-0.2, -0.15) is 0 Å². The summed E-state index contributed by atoms with van der Waals surface area (Å²) in [6, 6.07) is 7.47. The van der Waals surface area contributed by atoms with Gasteiger partial charge in [-0.25, -0.2) is 0 Å². The highest BCUT2D eigenvalue weighted by Gasteiger charge is 2.27. The third kappa shape index (κ3) is 4.99. The van der Waals surface area contributed by atoms with Crippen LogP contribution in [0, 0.1) is 16.6 Å². The Bertz CT molecular complexity index is 988. The second-order valence-electron chi connectivity index (χ2n) is 8.51. The van der Waals surface area contributed by atoms with Gasteiger partial charge in [0, 0.05) is 12.5 Å². The van der Waals surface area contributed by atoms with Gasteiger partial charge >= 0.3 is 0 Å². The SMILES string of the molecule is O=C(NCC[NH+]1CCOCC1)C1CCC(Cn2c(=S)[nH]c3ccccc3c2=O)CC1. The van der Waals surface area contributed by atoms with Crippen molar-refractivity contribution >= 4 is 29.0 Å². The molecule has 1 saturated heterocycles. The molecule has 0 spiro atoms. The number of nitrogens with one attached hydrogen (secondary N) is 3. The summed E-state index contributed by atoms with van der Waals surface area (Å²) in [5.74, 6) is 0.644. The molecule has 0 bridgehead atoms. The van der Waals surface area contributed by atoms with Gasteiger partial charge in [0.25, 0.3) is 5.56 Å². The maximum Gasteiger partial charge on any atom is 0.262 e. The largest absolute Gasteiger partial charge is 0.370 e. The number of ether oxygens (including phenoxy) is 1. The number of carbonyl (C=O) groups excluding carboxylic acids is 1. The monoisotopic (exact) mass is 431 g/mol. The predicted octanol–water partition coefficient (Wildman–Crippen LogP) is 0.897. The van der Waals surface area contributed by atoms with Gasteiger partial charge in [0.2, 0.25) is 5.91 Å². The van der Waals surface area contributed by atoms with Crippen molar-refractivity contribution in [3.63, 3.8) is 0 Å². The van der Waals surface area contributed by atoms with E-state index in [1.807, 2.05) is 24.3 Å². The Hall–Kier alpha value is -2.03. The Labute approximate surface area is 181 Å². The van der Waals surface area contributed by atoms with Crippen LogP contribution in [0.3, 0.4) is 0 Å². The van der Waals surface area contributed by atoms with Crippen LogP contribution in [0.1, 0.15) is 25.7 Å². The number of hydrogen-bond acceptors (Lipinski definition) is 4. The third-order valence-corrected chi connectivity index (χ3v) is 6.85. The molecule has 30 heavy (non-hydrogen) atoms. The highest BCUT2D eigenvalue weighted by molar-refractivity contribution is 7.71. The number of H-pyrrole nitrogens is 1. The molecule has 7 nitrogen and oxygen atoms in total. The topological polar surface area (TPSA) is 80.6 Å². The highest BCUT2D eigenvalue weighted by Crippen LogP contribution is 2.29. The molecule has 1 amide bonds. The zero-order valence-electron chi connectivity index (χ0n) is 17.3. The summed E-state index contributed by atoms with van der Waals surface area (Å²) < 4.78 is 7.54. The number of quaternary nitrogens is 1. The van der Waals surface area contributed by atoms with E-state index in [-0.39, 0.29) is 17.4 Å². The van der Waals surface area contributed by atoms with Gasteiger partial charge in [0.15, 0.2) is 4.77 Å². The predicted molar refractivity (Wildman–Crippen MR) is 118 cm³/mol. The van der Waals surface area contributed by atoms with E-state index in [9.17, 15) is 9.59 Å². The second-order valence-corrected chi connectivity index (χ2v) is 8.90. The van der Waals surface area contributed by atoms with Gasteiger partial charge in [-0.05, 0) is 56.0 Å². The Morgan fingerprint density at radius 2 is 1.93 bits per heavy atom. The van der Waals surface area contributed by atoms with Gasteiger partial charge in [0.1, 0.15) is 13.1 Å². The smallest absolute Gasteiger partial charge is 0.262 e. The molecule has 2 aromatic rings. The summed E-state index contributed by atoms with van der Waals surface area (Å²) in [5.41, 5.74) is 0.753. The molecule has 1 saturated carbocycles. The quantitative estimate of drug-likeness (QED) is 0.594. The van der Waals surface area contributed by atoms with E-state index < -0.39 is 0 Å². The minimum absolute atomic E-state index is 0.0279.